The number of thiazole rings is 1. The summed E-state index contributed by atoms with van der Waals surface area (Å²) in [4.78, 5) is 4.51. The second-order valence-corrected chi connectivity index (χ2v) is 5.29. The Bertz CT molecular complexity index is 450. The molecule has 2 aromatic rings. The number of rotatable bonds is 2. The maximum Gasteiger partial charge on any atom is 0.184 e. The summed E-state index contributed by atoms with van der Waals surface area (Å²) in [5.74, 6) is 0. The highest BCUT2D eigenvalue weighted by Crippen LogP contribution is 2.30. The van der Waals surface area contributed by atoms with Gasteiger partial charge in [0, 0.05) is 10.5 Å². The predicted molar refractivity (Wildman–Crippen MR) is 66.1 cm³/mol. The number of benzene rings is 1. The van der Waals surface area contributed by atoms with Crippen molar-refractivity contribution >= 4 is 42.6 Å². The van der Waals surface area contributed by atoms with Crippen molar-refractivity contribution in [2.24, 2.45) is 0 Å². The van der Waals surface area contributed by atoms with Crippen LogP contribution in [0.5, 0.6) is 0 Å². The third kappa shape index (κ3) is 1.91. The van der Waals surface area contributed by atoms with E-state index in [1.165, 1.54) is 4.70 Å². The Morgan fingerprint density at radius 2 is 2.21 bits per heavy atom. The molecule has 74 valence electrons. The van der Waals surface area contributed by atoms with E-state index in [1.807, 2.05) is 12.1 Å². The van der Waals surface area contributed by atoms with Crippen molar-refractivity contribution in [3.8, 4) is 0 Å². The first-order valence-corrected chi connectivity index (χ1v) is 6.09. The predicted octanol–water partition coefficient (Wildman–Crippen LogP) is 3.88. The van der Waals surface area contributed by atoms with Crippen LogP contribution in [-0.2, 0) is 0 Å². The molecule has 0 amide bonds. The van der Waals surface area contributed by atoms with Gasteiger partial charge >= 0.3 is 0 Å². The monoisotopic (exact) mass is 270 g/mol. The lowest BCUT2D eigenvalue weighted by atomic mass is 10.3. The van der Waals surface area contributed by atoms with E-state index in [0.29, 0.717) is 6.04 Å². The molecule has 0 aliphatic heterocycles. The van der Waals surface area contributed by atoms with Gasteiger partial charge in [0.1, 0.15) is 0 Å². The molecule has 1 heterocycles. The Kier molecular flexibility index (Phi) is 2.74. The molecule has 0 spiro atoms. The molecule has 0 fully saturated rings. The molecule has 1 aromatic heterocycles. The van der Waals surface area contributed by atoms with E-state index in [0.717, 1.165) is 15.1 Å². The van der Waals surface area contributed by atoms with Gasteiger partial charge in [-0.25, -0.2) is 4.98 Å². The van der Waals surface area contributed by atoms with E-state index >= 15 is 0 Å². The molecule has 0 aliphatic rings. The summed E-state index contributed by atoms with van der Waals surface area (Å²) >= 11 is 5.18. The van der Waals surface area contributed by atoms with Gasteiger partial charge in [0.25, 0.3) is 0 Å². The second kappa shape index (κ2) is 3.87. The third-order valence-electron chi connectivity index (χ3n) is 1.78. The summed E-state index contributed by atoms with van der Waals surface area (Å²) in [6.07, 6.45) is 0. The Morgan fingerprint density at radius 1 is 1.43 bits per heavy atom. The molecule has 4 heteroatoms. The highest BCUT2D eigenvalue weighted by molar-refractivity contribution is 9.10. The molecule has 0 atom stereocenters. The van der Waals surface area contributed by atoms with E-state index in [1.54, 1.807) is 11.3 Å². The Labute approximate surface area is 95.5 Å². The fourth-order valence-corrected chi connectivity index (χ4v) is 2.85. The van der Waals surface area contributed by atoms with Gasteiger partial charge in [-0.1, -0.05) is 17.4 Å². The number of anilines is 1. The highest BCUT2D eigenvalue weighted by atomic mass is 79.9. The van der Waals surface area contributed by atoms with Gasteiger partial charge in [0.2, 0.25) is 0 Å². The quantitative estimate of drug-likeness (QED) is 0.896. The average Bonchev–Trinajstić information content (AvgIpc) is 2.47. The third-order valence-corrected chi connectivity index (χ3v) is 3.37. The molecular weight excluding hydrogens is 260 g/mol. The summed E-state index contributed by atoms with van der Waals surface area (Å²) in [6, 6.07) is 6.56. The van der Waals surface area contributed by atoms with Crippen LogP contribution in [0.25, 0.3) is 10.2 Å². The van der Waals surface area contributed by atoms with Crippen molar-refractivity contribution in [3.05, 3.63) is 22.7 Å². The first-order valence-electron chi connectivity index (χ1n) is 4.48. The van der Waals surface area contributed by atoms with Crippen molar-refractivity contribution in [1.82, 2.24) is 4.98 Å². The van der Waals surface area contributed by atoms with E-state index in [2.05, 4.69) is 46.1 Å². The molecule has 0 saturated carbocycles. The summed E-state index contributed by atoms with van der Waals surface area (Å²) in [5.41, 5.74) is 1.04. The van der Waals surface area contributed by atoms with Crippen molar-refractivity contribution in [1.29, 1.82) is 0 Å². The van der Waals surface area contributed by atoms with Gasteiger partial charge in [0.15, 0.2) is 5.13 Å². The molecule has 2 rings (SSSR count). The molecule has 0 bridgehead atoms. The Hall–Kier alpha value is -0.610. The normalized spacial score (nSPS) is 11.1. The first-order chi connectivity index (χ1) is 6.66. The number of hydrogen-bond acceptors (Lipinski definition) is 3. The van der Waals surface area contributed by atoms with Gasteiger partial charge in [-0.2, -0.15) is 0 Å². The fraction of sp³-hybridized carbons (Fsp3) is 0.300. The molecule has 14 heavy (non-hydrogen) atoms. The highest BCUT2D eigenvalue weighted by Gasteiger charge is 2.06. The van der Waals surface area contributed by atoms with E-state index in [4.69, 9.17) is 0 Å². The van der Waals surface area contributed by atoms with Gasteiger partial charge in [0.05, 0.1) is 10.2 Å². The van der Waals surface area contributed by atoms with Crippen molar-refractivity contribution < 1.29 is 0 Å². The standard InChI is InChI=1S/C10H11BrN2S/c1-6(2)12-10-13-9-7(11)4-3-5-8(9)14-10/h3-6H,1-2H3,(H,12,13). The molecule has 0 saturated heterocycles. The number of halogens is 1. The lowest BCUT2D eigenvalue weighted by Gasteiger charge is -2.03. The molecule has 1 aromatic carbocycles. The van der Waals surface area contributed by atoms with E-state index in [9.17, 15) is 0 Å². The zero-order valence-electron chi connectivity index (χ0n) is 8.04. The largest absolute Gasteiger partial charge is 0.359 e. The van der Waals surface area contributed by atoms with Gasteiger partial charge in [-0.3, -0.25) is 0 Å². The lowest BCUT2D eigenvalue weighted by molar-refractivity contribution is 0.897. The number of para-hydroxylation sites is 1. The SMILES string of the molecule is CC(C)Nc1nc2c(Br)cccc2s1. The van der Waals surface area contributed by atoms with Gasteiger partial charge in [-0.15, -0.1) is 0 Å². The van der Waals surface area contributed by atoms with Crippen LogP contribution in [-0.4, -0.2) is 11.0 Å². The van der Waals surface area contributed by atoms with Crippen LogP contribution >= 0.6 is 27.3 Å². The van der Waals surface area contributed by atoms with Crippen LogP contribution in [0.3, 0.4) is 0 Å². The molecular formula is C10H11BrN2S. The van der Waals surface area contributed by atoms with Gasteiger partial charge in [-0.05, 0) is 41.9 Å². The summed E-state index contributed by atoms with van der Waals surface area (Å²) in [6.45, 7) is 4.22. The van der Waals surface area contributed by atoms with Crippen LogP contribution in [0.4, 0.5) is 5.13 Å². The van der Waals surface area contributed by atoms with Crippen LogP contribution in [0, 0.1) is 0 Å². The average molecular weight is 271 g/mol. The summed E-state index contributed by atoms with van der Waals surface area (Å²) < 4.78 is 2.27. The van der Waals surface area contributed by atoms with Crippen molar-refractivity contribution in [3.63, 3.8) is 0 Å². The second-order valence-electron chi connectivity index (χ2n) is 3.40. The minimum absolute atomic E-state index is 0.425. The summed E-state index contributed by atoms with van der Waals surface area (Å²) in [5, 5.41) is 4.30. The number of fused-ring (bicyclic) bond motifs is 1. The van der Waals surface area contributed by atoms with Crippen LogP contribution < -0.4 is 5.32 Å². The van der Waals surface area contributed by atoms with Crippen LogP contribution in [0.2, 0.25) is 0 Å². The zero-order chi connectivity index (χ0) is 10.1. The number of nitrogens with zero attached hydrogens (tertiary/aromatic N) is 1. The van der Waals surface area contributed by atoms with Crippen LogP contribution in [0.15, 0.2) is 22.7 Å². The van der Waals surface area contributed by atoms with E-state index < -0.39 is 0 Å². The molecule has 1 N–H and O–H groups in total. The Morgan fingerprint density at radius 3 is 2.86 bits per heavy atom. The first kappa shape index (κ1) is 9.93. The number of aromatic nitrogens is 1. The maximum absolute atomic E-state index is 4.51. The fourth-order valence-electron chi connectivity index (χ4n) is 1.22. The van der Waals surface area contributed by atoms with Crippen molar-refractivity contribution in [2.45, 2.75) is 19.9 Å². The minimum Gasteiger partial charge on any atom is -0.359 e. The summed E-state index contributed by atoms with van der Waals surface area (Å²) in [7, 11) is 0. The Balaban J connectivity index is 2.46. The molecule has 2 nitrogen and oxygen atoms in total. The smallest absolute Gasteiger partial charge is 0.184 e. The molecule has 0 radical (unpaired) electrons. The maximum atomic E-state index is 4.51. The van der Waals surface area contributed by atoms with Crippen LogP contribution in [0.1, 0.15) is 13.8 Å². The minimum atomic E-state index is 0.425. The topological polar surface area (TPSA) is 24.9 Å². The van der Waals surface area contributed by atoms with E-state index in [-0.39, 0.29) is 0 Å². The van der Waals surface area contributed by atoms with Crippen molar-refractivity contribution in [2.75, 3.05) is 5.32 Å². The lowest BCUT2D eigenvalue weighted by Crippen LogP contribution is -2.08. The molecule has 0 aliphatic carbocycles. The zero-order valence-corrected chi connectivity index (χ0v) is 10.4. The molecule has 0 unspecified atom stereocenters. The van der Waals surface area contributed by atoms with Gasteiger partial charge < -0.3 is 5.32 Å². The number of hydrogen-bond donors (Lipinski definition) is 1. The number of nitrogens with one attached hydrogen (secondary N) is 1.